The lowest BCUT2D eigenvalue weighted by atomic mass is 9.87. The van der Waals surface area contributed by atoms with Gasteiger partial charge in [0.25, 0.3) is 5.91 Å². The topological polar surface area (TPSA) is 72.0 Å². The third-order valence-corrected chi connectivity index (χ3v) is 3.66. The van der Waals surface area contributed by atoms with Crippen molar-refractivity contribution in [3.8, 4) is 0 Å². The molecule has 3 N–H and O–H groups in total. The predicted molar refractivity (Wildman–Crippen MR) is 61.2 cm³/mol. The lowest BCUT2D eigenvalue weighted by Gasteiger charge is -2.37. The largest absolute Gasteiger partial charge is 0.466 e. The zero-order valence-corrected chi connectivity index (χ0v) is 10.3. The molecule has 3 atom stereocenters. The van der Waals surface area contributed by atoms with Crippen molar-refractivity contribution in [3.05, 3.63) is 0 Å². The van der Waals surface area contributed by atoms with Gasteiger partial charge in [-0.2, -0.15) is 0 Å². The van der Waals surface area contributed by atoms with Gasteiger partial charge in [0, 0.05) is 6.42 Å². The maximum absolute atomic E-state index is 11.8. The number of piperazine rings is 1. The highest BCUT2D eigenvalue weighted by Gasteiger charge is 2.40. The Bertz CT molecular complexity index is 306. The van der Waals surface area contributed by atoms with Gasteiger partial charge < -0.3 is 15.4 Å². The molecular weight excluding hydrogens is 220 g/mol. The Morgan fingerprint density at radius 3 is 3.00 bits per heavy atom. The Balaban J connectivity index is 1.90. The Kier molecular flexibility index (Phi) is 3.99. The summed E-state index contributed by atoms with van der Waals surface area (Å²) in [4.78, 5) is 23.2. The number of carbonyl (C=O) groups is 2. The molecule has 0 bridgehead atoms. The summed E-state index contributed by atoms with van der Waals surface area (Å²) in [7, 11) is 0. The van der Waals surface area contributed by atoms with Crippen molar-refractivity contribution in [2.24, 2.45) is 0 Å². The molecule has 0 unspecified atom stereocenters. The molecule has 2 rings (SSSR count). The van der Waals surface area contributed by atoms with Crippen LogP contribution in [0.25, 0.3) is 0 Å². The van der Waals surface area contributed by atoms with Crippen molar-refractivity contribution >= 4 is 11.9 Å². The van der Waals surface area contributed by atoms with Crippen LogP contribution in [0, 0.1) is 0 Å². The van der Waals surface area contributed by atoms with Crippen LogP contribution >= 0.6 is 0 Å². The zero-order chi connectivity index (χ0) is 12.3. The minimum atomic E-state index is -0.298. The maximum atomic E-state index is 11.8. The highest BCUT2D eigenvalue weighted by molar-refractivity contribution is 5.85. The van der Waals surface area contributed by atoms with E-state index in [1.165, 1.54) is 12.8 Å². The quantitative estimate of drug-likeness (QED) is 0.643. The summed E-state index contributed by atoms with van der Waals surface area (Å²) >= 11 is 0. The van der Waals surface area contributed by atoms with E-state index in [-0.39, 0.29) is 24.3 Å². The molecule has 0 aromatic rings. The standard InChI is InChI=1S/C12H20N2O3/c1-2-17-11(15)7-10-12(16)14-9-6-4-3-5-8(9)13-10/h8-10,13H,2-7H2,1H3,(H,14,16)/p+1/t8-,9-,10+/m0/s1. The maximum Gasteiger partial charge on any atom is 0.312 e. The summed E-state index contributed by atoms with van der Waals surface area (Å²) in [5.74, 6) is -0.292. The second-order valence-electron chi connectivity index (χ2n) is 4.87. The van der Waals surface area contributed by atoms with E-state index < -0.39 is 0 Å². The molecule has 1 aliphatic heterocycles. The van der Waals surface area contributed by atoms with E-state index in [1.54, 1.807) is 6.92 Å². The lowest BCUT2D eigenvalue weighted by Crippen LogP contribution is -3.03. The Hall–Kier alpha value is -1.10. The third-order valence-electron chi connectivity index (χ3n) is 3.66. The number of esters is 1. The average Bonchev–Trinajstić information content (AvgIpc) is 2.30. The predicted octanol–water partition coefficient (Wildman–Crippen LogP) is -0.687. The first-order chi connectivity index (χ1) is 8.20. The van der Waals surface area contributed by atoms with Crippen molar-refractivity contribution < 1.29 is 19.6 Å². The molecule has 2 fully saturated rings. The summed E-state index contributed by atoms with van der Waals surface area (Å²) in [5, 5.41) is 5.11. The van der Waals surface area contributed by atoms with Crippen LogP contribution in [0.3, 0.4) is 0 Å². The van der Waals surface area contributed by atoms with Crippen LogP contribution in [0.5, 0.6) is 0 Å². The van der Waals surface area contributed by atoms with Gasteiger partial charge >= 0.3 is 5.97 Å². The first-order valence-electron chi connectivity index (χ1n) is 6.51. The number of fused-ring (bicyclic) bond motifs is 1. The zero-order valence-electron chi connectivity index (χ0n) is 10.3. The fraction of sp³-hybridized carbons (Fsp3) is 0.833. The van der Waals surface area contributed by atoms with Gasteiger partial charge in [0.2, 0.25) is 0 Å². The Morgan fingerprint density at radius 1 is 1.47 bits per heavy atom. The smallest absolute Gasteiger partial charge is 0.312 e. The number of nitrogens with two attached hydrogens (primary N) is 1. The number of quaternary nitrogens is 1. The molecule has 1 heterocycles. The monoisotopic (exact) mass is 241 g/mol. The van der Waals surface area contributed by atoms with E-state index in [2.05, 4.69) is 10.6 Å². The van der Waals surface area contributed by atoms with E-state index in [0.29, 0.717) is 18.7 Å². The van der Waals surface area contributed by atoms with Gasteiger partial charge in [-0.25, -0.2) is 0 Å². The van der Waals surface area contributed by atoms with Gasteiger partial charge in [-0.3, -0.25) is 9.59 Å². The first kappa shape index (κ1) is 12.4. The van der Waals surface area contributed by atoms with Gasteiger partial charge in [0.1, 0.15) is 12.5 Å². The average molecular weight is 241 g/mol. The molecular formula is C12H21N2O3+. The van der Waals surface area contributed by atoms with Crippen LogP contribution in [0.2, 0.25) is 0 Å². The summed E-state index contributed by atoms with van der Waals surface area (Å²) in [6, 6.07) is 0.448. The Morgan fingerprint density at radius 2 is 2.24 bits per heavy atom. The van der Waals surface area contributed by atoms with Crippen LogP contribution in [0.1, 0.15) is 39.0 Å². The molecule has 0 spiro atoms. The molecule has 1 saturated carbocycles. The van der Waals surface area contributed by atoms with E-state index in [0.717, 1.165) is 12.8 Å². The van der Waals surface area contributed by atoms with Gasteiger partial charge in [0.05, 0.1) is 12.6 Å². The highest BCUT2D eigenvalue weighted by atomic mass is 16.5. The van der Waals surface area contributed by atoms with Crippen molar-refractivity contribution in [1.82, 2.24) is 5.32 Å². The summed E-state index contributed by atoms with van der Waals surface area (Å²) in [5.41, 5.74) is 0. The summed E-state index contributed by atoms with van der Waals surface area (Å²) < 4.78 is 4.89. The van der Waals surface area contributed by atoms with Gasteiger partial charge in [-0.05, 0) is 19.8 Å². The summed E-state index contributed by atoms with van der Waals surface area (Å²) in [6.45, 7) is 2.15. The van der Waals surface area contributed by atoms with Crippen molar-refractivity contribution in [1.29, 1.82) is 0 Å². The molecule has 5 heteroatoms. The molecule has 0 aromatic carbocycles. The van der Waals surface area contributed by atoms with Crippen LogP contribution < -0.4 is 10.6 Å². The highest BCUT2D eigenvalue weighted by Crippen LogP contribution is 2.18. The van der Waals surface area contributed by atoms with Gasteiger partial charge in [0.15, 0.2) is 6.04 Å². The number of rotatable bonds is 3. The molecule has 1 amide bonds. The molecule has 96 valence electrons. The fourth-order valence-electron chi connectivity index (χ4n) is 2.80. The lowest BCUT2D eigenvalue weighted by molar-refractivity contribution is -0.718. The summed E-state index contributed by atoms with van der Waals surface area (Å²) in [6.07, 6.45) is 4.80. The number of ether oxygens (including phenoxy) is 1. The number of nitrogens with one attached hydrogen (secondary N) is 1. The number of carbonyl (C=O) groups excluding carboxylic acids is 2. The second-order valence-corrected chi connectivity index (χ2v) is 4.87. The molecule has 0 aromatic heterocycles. The molecule has 1 aliphatic carbocycles. The second kappa shape index (κ2) is 5.49. The minimum Gasteiger partial charge on any atom is -0.466 e. The molecule has 0 radical (unpaired) electrons. The molecule has 1 saturated heterocycles. The van der Waals surface area contributed by atoms with Crippen molar-refractivity contribution in [2.75, 3.05) is 6.61 Å². The molecule has 2 aliphatic rings. The minimum absolute atomic E-state index is 0.0128. The van der Waals surface area contributed by atoms with E-state index in [1.807, 2.05) is 0 Å². The van der Waals surface area contributed by atoms with Crippen LogP contribution in [0.15, 0.2) is 0 Å². The van der Waals surface area contributed by atoms with Crippen LogP contribution in [-0.4, -0.2) is 36.6 Å². The molecule has 5 nitrogen and oxygen atoms in total. The third kappa shape index (κ3) is 2.97. The number of hydrogen-bond donors (Lipinski definition) is 2. The van der Waals surface area contributed by atoms with Crippen molar-refractivity contribution in [2.45, 2.75) is 57.2 Å². The van der Waals surface area contributed by atoms with E-state index in [9.17, 15) is 9.59 Å². The Labute approximate surface area is 101 Å². The van der Waals surface area contributed by atoms with E-state index in [4.69, 9.17) is 4.74 Å². The number of amides is 1. The molecule has 17 heavy (non-hydrogen) atoms. The first-order valence-corrected chi connectivity index (χ1v) is 6.51. The normalized spacial score (nSPS) is 32.5. The van der Waals surface area contributed by atoms with E-state index >= 15 is 0 Å². The van der Waals surface area contributed by atoms with Crippen LogP contribution in [0.4, 0.5) is 0 Å². The van der Waals surface area contributed by atoms with Crippen LogP contribution in [-0.2, 0) is 14.3 Å². The fourth-order valence-corrected chi connectivity index (χ4v) is 2.80. The van der Waals surface area contributed by atoms with Crippen molar-refractivity contribution in [3.63, 3.8) is 0 Å². The van der Waals surface area contributed by atoms with Gasteiger partial charge in [-0.15, -0.1) is 0 Å². The van der Waals surface area contributed by atoms with Gasteiger partial charge in [-0.1, -0.05) is 6.42 Å². The SMILES string of the molecule is CCOC(=O)C[C@H]1[NH2+][C@H]2CCCC[C@@H]2NC1=O. The number of hydrogen-bond acceptors (Lipinski definition) is 3.